The van der Waals surface area contributed by atoms with Crippen molar-refractivity contribution in [2.24, 2.45) is 0 Å². The lowest BCUT2D eigenvalue weighted by Gasteiger charge is -2.37. The summed E-state index contributed by atoms with van der Waals surface area (Å²) >= 11 is 0. The third kappa shape index (κ3) is 3.41. The van der Waals surface area contributed by atoms with E-state index in [1.165, 1.54) is 0 Å². The Kier molecular flexibility index (Phi) is 4.51. The molecule has 0 bridgehead atoms. The molecule has 0 spiro atoms. The third-order valence-corrected chi connectivity index (χ3v) is 4.75. The van der Waals surface area contributed by atoms with E-state index < -0.39 is 10.0 Å². The van der Waals surface area contributed by atoms with Crippen LogP contribution in [-0.2, 0) is 10.0 Å². The number of aliphatic hydroxyl groups excluding tert-OH is 1. The van der Waals surface area contributed by atoms with Crippen LogP contribution in [0.1, 0.15) is 13.3 Å². The first-order valence-electron chi connectivity index (χ1n) is 5.26. The van der Waals surface area contributed by atoms with Gasteiger partial charge in [0.1, 0.15) is 0 Å². The molecule has 0 aromatic rings. The second-order valence-electron chi connectivity index (χ2n) is 4.12. The van der Waals surface area contributed by atoms with E-state index in [4.69, 9.17) is 5.11 Å². The van der Waals surface area contributed by atoms with Gasteiger partial charge in [-0.05, 0) is 20.4 Å². The van der Waals surface area contributed by atoms with Gasteiger partial charge in [-0.15, -0.1) is 0 Å². The molecular weight excluding hydrogens is 216 g/mol. The minimum absolute atomic E-state index is 0.0347. The third-order valence-electron chi connectivity index (χ3n) is 2.69. The SMILES string of the molecule is CC1CN(C)CCN1S(=O)(=O)CCCO. The van der Waals surface area contributed by atoms with E-state index in [1.807, 2.05) is 14.0 Å². The number of hydrogen-bond acceptors (Lipinski definition) is 4. The lowest BCUT2D eigenvalue weighted by molar-refractivity contribution is 0.170. The average molecular weight is 236 g/mol. The number of piperazine rings is 1. The molecule has 1 aliphatic rings. The summed E-state index contributed by atoms with van der Waals surface area (Å²) < 4.78 is 25.3. The number of likely N-dealkylation sites (N-methyl/N-ethyl adjacent to an activating group) is 1. The normalized spacial score (nSPS) is 25.7. The molecule has 1 heterocycles. The summed E-state index contributed by atoms with van der Waals surface area (Å²) in [5.74, 6) is 0.0531. The maximum Gasteiger partial charge on any atom is 0.214 e. The molecule has 5 nitrogen and oxygen atoms in total. The summed E-state index contributed by atoms with van der Waals surface area (Å²) in [4.78, 5) is 2.13. The summed E-state index contributed by atoms with van der Waals surface area (Å²) in [5.41, 5.74) is 0. The molecule has 1 unspecified atom stereocenters. The van der Waals surface area contributed by atoms with E-state index in [0.717, 1.165) is 13.1 Å². The predicted octanol–water partition coefficient (Wildman–Crippen LogP) is -0.665. The highest BCUT2D eigenvalue weighted by molar-refractivity contribution is 7.89. The fraction of sp³-hybridized carbons (Fsp3) is 1.00. The van der Waals surface area contributed by atoms with Gasteiger partial charge in [0.05, 0.1) is 5.75 Å². The van der Waals surface area contributed by atoms with Gasteiger partial charge in [-0.2, -0.15) is 4.31 Å². The molecule has 1 rings (SSSR count). The zero-order valence-electron chi connectivity index (χ0n) is 9.39. The molecule has 0 aromatic heterocycles. The molecule has 0 radical (unpaired) electrons. The van der Waals surface area contributed by atoms with Crippen LogP contribution >= 0.6 is 0 Å². The maximum absolute atomic E-state index is 11.9. The van der Waals surface area contributed by atoms with Crippen molar-refractivity contribution >= 4 is 10.0 Å². The molecule has 1 N–H and O–H groups in total. The lowest BCUT2D eigenvalue weighted by atomic mass is 10.2. The zero-order chi connectivity index (χ0) is 11.5. The summed E-state index contributed by atoms with van der Waals surface area (Å²) in [6.45, 7) is 3.97. The Morgan fingerprint density at radius 2 is 2.07 bits per heavy atom. The molecule has 15 heavy (non-hydrogen) atoms. The van der Waals surface area contributed by atoms with Crippen molar-refractivity contribution in [2.45, 2.75) is 19.4 Å². The quantitative estimate of drug-likeness (QED) is 0.703. The summed E-state index contributed by atoms with van der Waals surface area (Å²) in [6, 6.07) is 0.0347. The minimum atomic E-state index is -3.17. The van der Waals surface area contributed by atoms with Crippen molar-refractivity contribution in [3.05, 3.63) is 0 Å². The van der Waals surface area contributed by atoms with E-state index in [1.54, 1.807) is 4.31 Å². The number of hydrogen-bond donors (Lipinski definition) is 1. The first-order chi connectivity index (χ1) is 6.97. The lowest BCUT2D eigenvalue weighted by Crippen LogP contribution is -2.53. The molecule has 1 fully saturated rings. The van der Waals surface area contributed by atoms with Crippen molar-refractivity contribution in [3.8, 4) is 0 Å². The van der Waals surface area contributed by atoms with Crippen molar-refractivity contribution in [1.29, 1.82) is 0 Å². The van der Waals surface area contributed by atoms with Crippen molar-refractivity contribution in [1.82, 2.24) is 9.21 Å². The van der Waals surface area contributed by atoms with Crippen molar-refractivity contribution < 1.29 is 13.5 Å². The summed E-state index contributed by atoms with van der Waals surface area (Å²) in [6.07, 6.45) is 0.321. The van der Waals surface area contributed by atoms with Gasteiger partial charge in [-0.3, -0.25) is 0 Å². The van der Waals surface area contributed by atoms with Crippen LogP contribution in [0.25, 0.3) is 0 Å². The second kappa shape index (κ2) is 5.25. The molecule has 0 aliphatic carbocycles. The predicted molar refractivity (Wildman–Crippen MR) is 59.2 cm³/mol. The highest BCUT2D eigenvalue weighted by Crippen LogP contribution is 2.13. The zero-order valence-corrected chi connectivity index (χ0v) is 10.2. The largest absolute Gasteiger partial charge is 0.396 e. The molecule has 6 heteroatoms. The summed E-state index contributed by atoms with van der Waals surface area (Å²) in [5, 5.41) is 8.64. The van der Waals surface area contributed by atoms with Crippen LogP contribution in [0.2, 0.25) is 0 Å². The number of nitrogens with zero attached hydrogens (tertiary/aromatic N) is 2. The van der Waals surface area contributed by atoms with Gasteiger partial charge in [0.15, 0.2) is 0 Å². The monoisotopic (exact) mass is 236 g/mol. The van der Waals surface area contributed by atoms with Crippen molar-refractivity contribution in [3.63, 3.8) is 0 Å². The van der Waals surface area contributed by atoms with Crippen LogP contribution in [0.15, 0.2) is 0 Å². The fourth-order valence-corrected chi connectivity index (χ4v) is 3.60. The Bertz CT molecular complexity index is 292. The van der Waals surface area contributed by atoms with Crippen LogP contribution < -0.4 is 0 Å². The first kappa shape index (κ1) is 12.9. The van der Waals surface area contributed by atoms with Gasteiger partial charge in [0, 0.05) is 32.3 Å². The highest BCUT2D eigenvalue weighted by Gasteiger charge is 2.30. The fourth-order valence-electron chi connectivity index (χ4n) is 1.90. The van der Waals surface area contributed by atoms with E-state index in [0.29, 0.717) is 13.0 Å². The van der Waals surface area contributed by atoms with E-state index >= 15 is 0 Å². The molecule has 90 valence electrons. The Labute approximate surface area is 91.7 Å². The molecule has 0 saturated carbocycles. The highest BCUT2D eigenvalue weighted by atomic mass is 32.2. The second-order valence-corrected chi connectivity index (χ2v) is 6.16. The maximum atomic E-state index is 11.9. The standard InChI is InChI=1S/C9H20N2O3S/c1-9-8-10(2)4-5-11(9)15(13,14)7-3-6-12/h9,12H,3-8H2,1-2H3. The van der Waals surface area contributed by atoms with Gasteiger partial charge in [-0.1, -0.05) is 0 Å². The van der Waals surface area contributed by atoms with Gasteiger partial charge in [0.2, 0.25) is 10.0 Å². The van der Waals surface area contributed by atoms with Crippen molar-refractivity contribution in [2.75, 3.05) is 39.0 Å². The van der Waals surface area contributed by atoms with Crippen LogP contribution in [0.5, 0.6) is 0 Å². The first-order valence-corrected chi connectivity index (χ1v) is 6.87. The van der Waals surface area contributed by atoms with Gasteiger partial charge in [0.25, 0.3) is 0 Å². The molecule has 1 aliphatic heterocycles. The summed E-state index contributed by atoms with van der Waals surface area (Å²) in [7, 11) is -1.18. The number of sulfonamides is 1. The molecular formula is C9H20N2O3S. The van der Waals surface area contributed by atoms with Gasteiger partial charge < -0.3 is 10.0 Å². The van der Waals surface area contributed by atoms with Crippen LogP contribution in [0.3, 0.4) is 0 Å². The Hall–Kier alpha value is -0.170. The molecule has 1 saturated heterocycles. The molecule has 0 amide bonds. The Morgan fingerprint density at radius 3 is 2.60 bits per heavy atom. The van der Waals surface area contributed by atoms with E-state index in [-0.39, 0.29) is 18.4 Å². The Balaban J connectivity index is 2.62. The van der Waals surface area contributed by atoms with E-state index in [9.17, 15) is 8.42 Å². The average Bonchev–Trinajstić information content (AvgIpc) is 2.14. The minimum Gasteiger partial charge on any atom is -0.396 e. The van der Waals surface area contributed by atoms with Gasteiger partial charge in [-0.25, -0.2) is 8.42 Å². The molecule has 1 atom stereocenters. The Morgan fingerprint density at radius 1 is 1.40 bits per heavy atom. The van der Waals surface area contributed by atoms with Crippen LogP contribution in [0, 0.1) is 0 Å². The topological polar surface area (TPSA) is 60.9 Å². The number of rotatable bonds is 4. The smallest absolute Gasteiger partial charge is 0.214 e. The molecule has 0 aromatic carbocycles. The van der Waals surface area contributed by atoms with Crippen LogP contribution in [-0.4, -0.2) is 67.8 Å². The van der Waals surface area contributed by atoms with Gasteiger partial charge >= 0.3 is 0 Å². The number of aliphatic hydroxyl groups is 1. The van der Waals surface area contributed by atoms with E-state index in [2.05, 4.69) is 4.90 Å². The van der Waals surface area contributed by atoms with Crippen LogP contribution in [0.4, 0.5) is 0 Å².